The van der Waals surface area contributed by atoms with Crippen molar-refractivity contribution >= 4 is 23.2 Å². The van der Waals surface area contributed by atoms with Gasteiger partial charge in [-0.3, -0.25) is 9.48 Å². The Balaban J connectivity index is 1.88. The first-order chi connectivity index (χ1) is 15.3. The fourth-order valence-corrected chi connectivity index (χ4v) is 4.17. The Bertz CT molecular complexity index is 1070. The van der Waals surface area contributed by atoms with Gasteiger partial charge >= 0.3 is 0 Å². The van der Waals surface area contributed by atoms with Crippen LogP contribution in [0.1, 0.15) is 46.0 Å². The van der Waals surface area contributed by atoms with E-state index in [1.165, 1.54) is 6.07 Å². The molecule has 0 saturated heterocycles. The average molecular weight is 483 g/mol. The van der Waals surface area contributed by atoms with Gasteiger partial charge in [-0.1, -0.05) is 35.7 Å². The Morgan fingerprint density at radius 3 is 2.62 bits per heavy atom. The third-order valence-corrected chi connectivity index (χ3v) is 5.94. The van der Waals surface area contributed by atoms with Gasteiger partial charge in [-0.25, -0.2) is 9.07 Å². The molecule has 174 valence electrons. The number of fused-ring (bicyclic) bond motifs is 1. The van der Waals surface area contributed by atoms with Gasteiger partial charge in [0.25, 0.3) is 5.56 Å². The summed E-state index contributed by atoms with van der Waals surface area (Å²) < 4.78 is 29.8. The van der Waals surface area contributed by atoms with Crippen LogP contribution in [0, 0.1) is 5.82 Å². The van der Waals surface area contributed by atoms with Gasteiger partial charge in [0.1, 0.15) is 29.1 Å². The number of allylic oxidation sites excluding steroid dienone is 2. The normalized spacial score (nSPS) is 13.7. The second-order valence-corrected chi connectivity index (χ2v) is 8.76. The molecule has 1 aromatic carbocycles. The molecule has 0 amide bonds. The van der Waals surface area contributed by atoms with Crippen LogP contribution < -0.4 is 10.3 Å². The van der Waals surface area contributed by atoms with E-state index in [1.807, 2.05) is 19.9 Å². The molecule has 8 heteroatoms. The summed E-state index contributed by atoms with van der Waals surface area (Å²) in [6, 6.07) is 2.60. The molecule has 5 nitrogen and oxygen atoms in total. The SMILES string of the molecule is C=C(C)CC/C=C(\COc1cc(-c2c(Cl)n3n(c2=O)CCCC3)c(F)cc1Cl)OCCC. The summed E-state index contributed by atoms with van der Waals surface area (Å²) in [5, 5.41) is 0.344. The summed E-state index contributed by atoms with van der Waals surface area (Å²) in [7, 11) is 0. The molecule has 1 aliphatic rings. The summed E-state index contributed by atoms with van der Waals surface area (Å²) in [5.74, 6) is 0.315. The van der Waals surface area contributed by atoms with Crippen molar-refractivity contribution in [3.63, 3.8) is 0 Å². The molecule has 3 rings (SSSR count). The predicted molar refractivity (Wildman–Crippen MR) is 127 cm³/mol. The van der Waals surface area contributed by atoms with Crippen molar-refractivity contribution in [2.24, 2.45) is 0 Å². The van der Waals surface area contributed by atoms with Crippen molar-refractivity contribution < 1.29 is 13.9 Å². The minimum atomic E-state index is -0.621. The topological polar surface area (TPSA) is 45.4 Å². The molecule has 0 radical (unpaired) electrons. The fourth-order valence-electron chi connectivity index (χ4n) is 3.60. The summed E-state index contributed by atoms with van der Waals surface area (Å²) >= 11 is 12.7. The van der Waals surface area contributed by atoms with Crippen LogP contribution in [0.25, 0.3) is 11.1 Å². The van der Waals surface area contributed by atoms with Gasteiger partial charge < -0.3 is 9.47 Å². The van der Waals surface area contributed by atoms with E-state index in [1.54, 1.807) is 9.36 Å². The van der Waals surface area contributed by atoms with E-state index in [0.29, 0.717) is 25.5 Å². The standard InChI is InChI=1S/C24H29Cl2FN2O3/c1-4-12-31-17(9-7-8-16(2)3)15-32-21-13-18(20(27)14-19(21)25)22-23(26)28-10-5-6-11-29(28)24(22)30/h9,13-14H,2,4-8,10-12,15H2,1,3H3/b17-9+. The molecule has 0 fully saturated rings. The number of benzene rings is 1. The number of halogens is 3. The monoisotopic (exact) mass is 482 g/mol. The molecule has 0 spiro atoms. The van der Waals surface area contributed by atoms with E-state index in [9.17, 15) is 9.18 Å². The number of hydrogen-bond donors (Lipinski definition) is 0. The minimum Gasteiger partial charge on any atom is -0.495 e. The molecule has 0 unspecified atom stereocenters. The van der Waals surface area contributed by atoms with E-state index in [4.69, 9.17) is 32.7 Å². The van der Waals surface area contributed by atoms with E-state index in [2.05, 4.69) is 6.58 Å². The van der Waals surface area contributed by atoms with Crippen molar-refractivity contribution in [2.45, 2.75) is 59.0 Å². The maximum atomic E-state index is 14.8. The molecule has 0 atom stereocenters. The molecule has 0 N–H and O–H groups in total. The predicted octanol–water partition coefficient (Wildman–Crippen LogP) is 6.60. The summed E-state index contributed by atoms with van der Waals surface area (Å²) in [6.45, 7) is 9.80. The van der Waals surface area contributed by atoms with Gasteiger partial charge in [-0.2, -0.15) is 0 Å². The minimum absolute atomic E-state index is 0.0797. The molecular weight excluding hydrogens is 454 g/mol. The quantitative estimate of drug-likeness (QED) is 0.283. The molecule has 2 aromatic rings. The highest BCUT2D eigenvalue weighted by Gasteiger charge is 2.25. The second kappa shape index (κ2) is 11.1. The third kappa shape index (κ3) is 5.59. The van der Waals surface area contributed by atoms with Gasteiger partial charge in [0, 0.05) is 18.7 Å². The second-order valence-electron chi connectivity index (χ2n) is 7.99. The Labute approximate surface area is 198 Å². The van der Waals surface area contributed by atoms with Crippen LogP contribution in [-0.4, -0.2) is 22.6 Å². The number of hydrogen-bond acceptors (Lipinski definition) is 3. The highest BCUT2D eigenvalue weighted by atomic mass is 35.5. The van der Waals surface area contributed by atoms with Gasteiger partial charge in [0.2, 0.25) is 0 Å². The smallest absolute Gasteiger partial charge is 0.276 e. The molecule has 2 heterocycles. The maximum absolute atomic E-state index is 14.8. The summed E-state index contributed by atoms with van der Waals surface area (Å²) in [4.78, 5) is 12.9. The van der Waals surface area contributed by atoms with Gasteiger partial charge in [-0.15, -0.1) is 6.58 Å². The van der Waals surface area contributed by atoms with E-state index < -0.39 is 5.82 Å². The first-order valence-electron chi connectivity index (χ1n) is 10.9. The Morgan fingerprint density at radius 2 is 1.97 bits per heavy atom. The van der Waals surface area contributed by atoms with Crippen molar-refractivity contribution in [3.05, 3.63) is 62.5 Å². The lowest BCUT2D eigenvalue weighted by Gasteiger charge is -2.17. The first kappa shape index (κ1) is 24.5. The van der Waals surface area contributed by atoms with Gasteiger partial charge in [0.15, 0.2) is 0 Å². The van der Waals surface area contributed by atoms with Gasteiger partial charge in [-0.05, 0) is 57.2 Å². The van der Waals surface area contributed by atoms with Crippen molar-refractivity contribution in [1.29, 1.82) is 0 Å². The molecule has 1 aromatic heterocycles. The lowest BCUT2D eigenvalue weighted by molar-refractivity contribution is 0.168. The first-order valence-corrected chi connectivity index (χ1v) is 11.7. The van der Waals surface area contributed by atoms with Crippen molar-refractivity contribution in [1.82, 2.24) is 9.36 Å². The number of nitrogens with zero attached hydrogens (tertiary/aromatic N) is 2. The van der Waals surface area contributed by atoms with E-state index in [-0.39, 0.29) is 39.2 Å². The van der Waals surface area contributed by atoms with Gasteiger partial charge in [0.05, 0.1) is 17.2 Å². The molecule has 0 aliphatic carbocycles. The van der Waals surface area contributed by atoms with Crippen molar-refractivity contribution in [2.75, 3.05) is 13.2 Å². The van der Waals surface area contributed by atoms with Crippen LogP contribution >= 0.6 is 23.2 Å². The Hall–Kier alpha value is -2.18. The highest BCUT2D eigenvalue weighted by Crippen LogP contribution is 2.36. The van der Waals surface area contributed by atoms with Crippen LogP contribution in [0.15, 0.2) is 40.9 Å². The largest absolute Gasteiger partial charge is 0.495 e. The van der Waals surface area contributed by atoms with E-state index in [0.717, 1.165) is 43.7 Å². The Morgan fingerprint density at radius 1 is 1.25 bits per heavy atom. The number of aromatic nitrogens is 2. The molecular formula is C24H29Cl2FN2O3. The van der Waals surface area contributed by atoms with E-state index >= 15 is 0 Å². The summed E-state index contributed by atoms with van der Waals surface area (Å²) in [5.41, 5.74) is 0.985. The summed E-state index contributed by atoms with van der Waals surface area (Å²) in [6.07, 6.45) is 6.26. The average Bonchev–Trinajstić information content (AvgIpc) is 3.01. The zero-order valence-electron chi connectivity index (χ0n) is 18.6. The van der Waals surface area contributed by atoms with Crippen molar-refractivity contribution in [3.8, 4) is 16.9 Å². The fraction of sp³-hybridized carbons (Fsp3) is 0.458. The van der Waals surface area contributed by atoms with Crippen LogP contribution in [0.4, 0.5) is 4.39 Å². The van der Waals surface area contributed by atoms with Crippen LogP contribution in [-0.2, 0) is 17.8 Å². The number of ether oxygens (including phenoxy) is 2. The molecule has 1 aliphatic heterocycles. The lowest BCUT2D eigenvalue weighted by Crippen LogP contribution is -2.27. The molecule has 0 bridgehead atoms. The Kier molecular flexibility index (Phi) is 8.49. The highest BCUT2D eigenvalue weighted by molar-refractivity contribution is 6.33. The number of rotatable bonds is 10. The third-order valence-electron chi connectivity index (χ3n) is 5.26. The van der Waals surface area contributed by atoms with Crippen LogP contribution in [0.5, 0.6) is 5.75 Å². The molecule has 32 heavy (non-hydrogen) atoms. The lowest BCUT2D eigenvalue weighted by atomic mass is 10.1. The maximum Gasteiger partial charge on any atom is 0.276 e. The zero-order valence-corrected chi connectivity index (χ0v) is 20.1. The van der Waals surface area contributed by atoms with Crippen LogP contribution in [0.2, 0.25) is 10.2 Å². The van der Waals surface area contributed by atoms with Crippen LogP contribution in [0.3, 0.4) is 0 Å². The zero-order chi connectivity index (χ0) is 23.3. The molecule has 0 saturated carbocycles.